The topological polar surface area (TPSA) is 24.5 Å². The smallest absolute Gasteiger partial charge is 0.418 e. The van der Waals surface area contributed by atoms with Gasteiger partial charge in [0, 0.05) is 18.8 Å². The quantitative estimate of drug-likeness (QED) is 0.921. The van der Waals surface area contributed by atoms with E-state index in [4.69, 9.17) is 4.74 Å². The van der Waals surface area contributed by atoms with E-state index in [0.717, 1.165) is 32.0 Å². The van der Waals surface area contributed by atoms with Crippen LogP contribution in [0.1, 0.15) is 18.4 Å². The molecule has 3 nitrogen and oxygen atoms in total. The van der Waals surface area contributed by atoms with Crippen molar-refractivity contribution in [2.24, 2.45) is 5.92 Å². The van der Waals surface area contributed by atoms with E-state index in [-0.39, 0.29) is 11.4 Å². The number of ether oxygens (including phenoxy) is 1. The molecular formula is C15H21F3N2O. The van der Waals surface area contributed by atoms with Gasteiger partial charge < -0.3 is 15.0 Å². The summed E-state index contributed by atoms with van der Waals surface area (Å²) in [6, 6.07) is 4.02. The van der Waals surface area contributed by atoms with Gasteiger partial charge in [-0.1, -0.05) is 0 Å². The molecule has 1 unspecified atom stereocenters. The lowest BCUT2D eigenvalue weighted by atomic mass is 9.98. The van der Waals surface area contributed by atoms with Gasteiger partial charge in [0.05, 0.1) is 12.7 Å². The summed E-state index contributed by atoms with van der Waals surface area (Å²) >= 11 is 0. The lowest BCUT2D eigenvalue weighted by Crippen LogP contribution is -2.35. The second-order valence-electron chi connectivity index (χ2n) is 5.56. The molecule has 0 aromatic heterocycles. The number of nitrogens with zero attached hydrogens (tertiary/aromatic N) is 1. The Morgan fingerprint density at radius 2 is 2.14 bits per heavy atom. The Hall–Kier alpha value is -1.43. The fraction of sp³-hybridized carbons (Fsp3) is 0.600. The third kappa shape index (κ3) is 4.27. The molecule has 1 aromatic carbocycles. The van der Waals surface area contributed by atoms with Crippen molar-refractivity contribution in [1.29, 1.82) is 0 Å². The van der Waals surface area contributed by atoms with Crippen molar-refractivity contribution in [3.05, 3.63) is 23.8 Å². The Morgan fingerprint density at radius 1 is 1.38 bits per heavy atom. The van der Waals surface area contributed by atoms with Crippen molar-refractivity contribution in [2.75, 3.05) is 39.1 Å². The van der Waals surface area contributed by atoms with Crippen molar-refractivity contribution in [3.63, 3.8) is 0 Å². The lowest BCUT2D eigenvalue weighted by Gasteiger charge is -2.30. The summed E-state index contributed by atoms with van der Waals surface area (Å²) < 4.78 is 44.1. The van der Waals surface area contributed by atoms with Crippen molar-refractivity contribution in [1.82, 2.24) is 4.90 Å². The summed E-state index contributed by atoms with van der Waals surface area (Å²) in [6.45, 7) is 2.54. The van der Waals surface area contributed by atoms with Gasteiger partial charge in [0.1, 0.15) is 5.75 Å². The molecule has 1 N–H and O–H groups in total. The predicted molar refractivity (Wildman–Crippen MR) is 76.7 cm³/mol. The molecule has 1 aliphatic heterocycles. The minimum absolute atomic E-state index is 0.122. The van der Waals surface area contributed by atoms with E-state index in [9.17, 15) is 13.2 Å². The number of likely N-dealkylation sites (tertiary alicyclic amines) is 1. The number of hydrogen-bond acceptors (Lipinski definition) is 3. The average Bonchev–Trinajstić information content (AvgIpc) is 2.44. The highest BCUT2D eigenvalue weighted by Crippen LogP contribution is 2.37. The van der Waals surface area contributed by atoms with Gasteiger partial charge >= 0.3 is 6.18 Å². The Labute approximate surface area is 123 Å². The monoisotopic (exact) mass is 302 g/mol. The number of piperidine rings is 1. The number of methoxy groups -OCH3 is 1. The van der Waals surface area contributed by atoms with Gasteiger partial charge in [-0.2, -0.15) is 13.2 Å². The zero-order valence-electron chi connectivity index (χ0n) is 12.3. The molecule has 2 rings (SSSR count). The number of nitrogens with one attached hydrogen (secondary N) is 1. The summed E-state index contributed by atoms with van der Waals surface area (Å²) in [5.74, 6) is 0.595. The molecule has 1 heterocycles. The van der Waals surface area contributed by atoms with Crippen LogP contribution in [0.25, 0.3) is 0 Å². The van der Waals surface area contributed by atoms with Gasteiger partial charge in [-0.15, -0.1) is 0 Å². The lowest BCUT2D eigenvalue weighted by molar-refractivity contribution is -0.137. The number of rotatable bonds is 4. The second kappa shape index (κ2) is 6.56. The molecule has 0 amide bonds. The van der Waals surface area contributed by atoms with E-state index in [1.165, 1.54) is 13.2 Å². The first-order valence-corrected chi connectivity index (χ1v) is 7.08. The minimum atomic E-state index is -4.39. The van der Waals surface area contributed by atoms with Crippen LogP contribution in [0.2, 0.25) is 0 Å². The molecule has 1 aromatic rings. The number of anilines is 1. The van der Waals surface area contributed by atoms with Crippen molar-refractivity contribution >= 4 is 5.69 Å². The van der Waals surface area contributed by atoms with E-state index in [2.05, 4.69) is 10.2 Å². The summed E-state index contributed by atoms with van der Waals surface area (Å²) in [7, 11) is 3.40. The highest BCUT2D eigenvalue weighted by atomic mass is 19.4. The van der Waals surface area contributed by atoms with E-state index in [1.54, 1.807) is 6.07 Å². The zero-order valence-corrected chi connectivity index (χ0v) is 12.3. The van der Waals surface area contributed by atoms with Gasteiger partial charge in [0.15, 0.2) is 0 Å². The molecule has 118 valence electrons. The summed E-state index contributed by atoms with van der Waals surface area (Å²) in [4.78, 5) is 2.22. The van der Waals surface area contributed by atoms with Crippen LogP contribution in [0.3, 0.4) is 0 Å². The highest BCUT2D eigenvalue weighted by Gasteiger charge is 2.34. The van der Waals surface area contributed by atoms with Crippen LogP contribution >= 0.6 is 0 Å². The van der Waals surface area contributed by atoms with E-state index in [1.807, 2.05) is 7.05 Å². The van der Waals surface area contributed by atoms with Crippen LogP contribution in [0.4, 0.5) is 18.9 Å². The minimum Gasteiger partial charge on any atom is -0.497 e. The Balaban J connectivity index is 2.08. The van der Waals surface area contributed by atoms with Crippen LogP contribution in [-0.2, 0) is 6.18 Å². The maximum absolute atomic E-state index is 13.1. The van der Waals surface area contributed by atoms with Crippen LogP contribution in [0, 0.1) is 5.92 Å². The second-order valence-corrected chi connectivity index (χ2v) is 5.56. The third-order valence-electron chi connectivity index (χ3n) is 3.84. The largest absolute Gasteiger partial charge is 0.497 e. The van der Waals surface area contributed by atoms with Gasteiger partial charge in [0.25, 0.3) is 0 Å². The molecule has 0 saturated carbocycles. The van der Waals surface area contributed by atoms with Gasteiger partial charge in [-0.05, 0) is 50.6 Å². The molecule has 0 aliphatic carbocycles. The van der Waals surface area contributed by atoms with Crippen LogP contribution in [0.15, 0.2) is 18.2 Å². The first-order chi connectivity index (χ1) is 9.90. The number of halogens is 3. The number of alkyl halides is 3. The molecule has 0 radical (unpaired) electrons. The predicted octanol–water partition coefficient (Wildman–Crippen LogP) is 3.47. The van der Waals surface area contributed by atoms with Gasteiger partial charge in [-0.3, -0.25) is 0 Å². The Kier molecular flexibility index (Phi) is 4.98. The maximum Gasteiger partial charge on any atom is 0.418 e. The molecule has 1 saturated heterocycles. The van der Waals surface area contributed by atoms with E-state index in [0.29, 0.717) is 12.5 Å². The first-order valence-electron chi connectivity index (χ1n) is 7.08. The summed E-state index contributed by atoms with van der Waals surface area (Å²) in [6.07, 6.45) is -2.24. The molecule has 0 spiro atoms. The Bertz CT molecular complexity index is 476. The van der Waals surface area contributed by atoms with Crippen LogP contribution < -0.4 is 10.1 Å². The molecule has 1 aliphatic rings. The van der Waals surface area contributed by atoms with Gasteiger partial charge in [-0.25, -0.2) is 0 Å². The van der Waals surface area contributed by atoms with Crippen molar-refractivity contribution < 1.29 is 17.9 Å². The fourth-order valence-electron chi connectivity index (χ4n) is 2.73. The number of benzene rings is 1. The maximum atomic E-state index is 13.1. The average molecular weight is 302 g/mol. The zero-order chi connectivity index (χ0) is 15.5. The van der Waals surface area contributed by atoms with Crippen LogP contribution in [-0.4, -0.2) is 38.7 Å². The SMILES string of the molecule is COc1ccc(NCC2CCCN(C)C2)c(C(F)(F)F)c1. The van der Waals surface area contributed by atoms with Gasteiger partial charge in [0.2, 0.25) is 0 Å². The van der Waals surface area contributed by atoms with E-state index >= 15 is 0 Å². The summed E-state index contributed by atoms with van der Waals surface area (Å²) in [5.41, 5.74) is -0.553. The standard InChI is InChI=1S/C15H21F3N2O/c1-20-7-3-4-11(10-20)9-19-14-6-5-12(21-2)8-13(14)15(16,17)18/h5-6,8,11,19H,3-4,7,9-10H2,1-2H3. The summed E-state index contributed by atoms with van der Waals surface area (Å²) in [5, 5.41) is 2.96. The highest BCUT2D eigenvalue weighted by molar-refractivity contribution is 5.55. The van der Waals surface area contributed by atoms with Crippen molar-refractivity contribution in [3.8, 4) is 5.75 Å². The molecule has 1 fully saturated rings. The molecule has 1 atom stereocenters. The van der Waals surface area contributed by atoms with Crippen LogP contribution in [0.5, 0.6) is 5.75 Å². The normalized spacial score (nSPS) is 20.3. The Morgan fingerprint density at radius 3 is 2.76 bits per heavy atom. The molecule has 21 heavy (non-hydrogen) atoms. The first kappa shape index (κ1) is 15.9. The molecular weight excluding hydrogens is 281 g/mol. The number of hydrogen-bond donors (Lipinski definition) is 1. The van der Waals surface area contributed by atoms with Crippen molar-refractivity contribution in [2.45, 2.75) is 19.0 Å². The molecule has 0 bridgehead atoms. The van der Waals surface area contributed by atoms with E-state index < -0.39 is 11.7 Å². The fourth-order valence-corrected chi connectivity index (χ4v) is 2.73. The third-order valence-corrected chi connectivity index (χ3v) is 3.84. The molecule has 6 heteroatoms.